The number of nitrogens with zero attached hydrogens (tertiary/aromatic N) is 1. The Kier molecular flexibility index (Phi) is 7.60. The number of aromatic nitrogens is 1. The second-order valence-corrected chi connectivity index (χ2v) is 10.8. The summed E-state index contributed by atoms with van der Waals surface area (Å²) in [5, 5.41) is 4.48. The van der Waals surface area contributed by atoms with Crippen LogP contribution in [0.25, 0.3) is 10.4 Å². The summed E-state index contributed by atoms with van der Waals surface area (Å²) in [5.74, 6) is 0.529. The van der Waals surface area contributed by atoms with Gasteiger partial charge in [0.25, 0.3) is 0 Å². The zero-order valence-electron chi connectivity index (χ0n) is 17.6. The lowest BCUT2D eigenvalue weighted by molar-refractivity contribution is 0.130. The van der Waals surface area contributed by atoms with E-state index in [1.54, 1.807) is 23.1 Å². The van der Waals surface area contributed by atoms with Gasteiger partial charge in [-0.3, -0.25) is 5.32 Å². The molecule has 1 saturated carbocycles. The van der Waals surface area contributed by atoms with Crippen LogP contribution in [0.2, 0.25) is 0 Å². The molecule has 0 bridgehead atoms. The Labute approximate surface area is 181 Å². The number of nitrogens with two attached hydrogens (primary N) is 1. The molecule has 1 heterocycles. The van der Waals surface area contributed by atoms with Crippen molar-refractivity contribution in [1.82, 2.24) is 4.98 Å². The van der Waals surface area contributed by atoms with Gasteiger partial charge in [0.15, 0.2) is 0 Å². The second kappa shape index (κ2) is 9.96. The minimum Gasteiger partial charge on any atom is -0.447 e. The van der Waals surface area contributed by atoms with Gasteiger partial charge in [-0.1, -0.05) is 19.9 Å². The van der Waals surface area contributed by atoms with E-state index in [0.717, 1.165) is 36.3 Å². The molecule has 0 radical (unpaired) electrons. The molecule has 0 unspecified atom stereocenters. The predicted octanol–water partition coefficient (Wildman–Crippen LogP) is 6.25. The van der Waals surface area contributed by atoms with Crippen LogP contribution in [0.1, 0.15) is 64.3 Å². The summed E-state index contributed by atoms with van der Waals surface area (Å²) >= 11 is 3.58. The first-order chi connectivity index (χ1) is 13.8. The standard InChI is InChI=1S/C22H31N3O2S2/c1-13(2)27-22(26)25-17-9-10-18(19(11-17)28-14(3)4)20-12-24-21(29-20)15-5-7-16(23)8-6-15/h9-16H,5-8,23H2,1-4H3,(H,25,26)/t15-,16-. The van der Waals surface area contributed by atoms with Crippen LogP contribution in [-0.2, 0) is 4.74 Å². The van der Waals surface area contributed by atoms with Gasteiger partial charge in [-0.2, -0.15) is 0 Å². The van der Waals surface area contributed by atoms with E-state index >= 15 is 0 Å². The van der Waals surface area contributed by atoms with Gasteiger partial charge in [0.1, 0.15) is 0 Å². The smallest absolute Gasteiger partial charge is 0.411 e. The number of hydrogen-bond acceptors (Lipinski definition) is 6. The van der Waals surface area contributed by atoms with Gasteiger partial charge in [0.05, 0.1) is 16.0 Å². The predicted molar refractivity (Wildman–Crippen MR) is 123 cm³/mol. The Morgan fingerprint density at radius 1 is 1.24 bits per heavy atom. The maximum atomic E-state index is 12.0. The number of rotatable bonds is 6. The molecule has 29 heavy (non-hydrogen) atoms. The molecular weight excluding hydrogens is 402 g/mol. The summed E-state index contributed by atoms with van der Waals surface area (Å²) in [4.78, 5) is 19.0. The third kappa shape index (κ3) is 6.20. The molecule has 5 nitrogen and oxygen atoms in total. The summed E-state index contributed by atoms with van der Waals surface area (Å²) in [6.45, 7) is 8.02. The van der Waals surface area contributed by atoms with Crippen molar-refractivity contribution in [2.24, 2.45) is 5.73 Å². The molecule has 1 fully saturated rings. The van der Waals surface area contributed by atoms with E-state index in [0.29, 0.717) is 17.2 Å². The first kappa shape index (κ1) is 22.1. The molecule has 1 aromatic carbocycles. The lowest BCUT2D eigenvalue weighted by Gasteiger charge is -2.24. The Hall–Kier alpha value is -1.57. The Morgan fingerprint density at radius 3 is 2.62 bits per heavy atom. The highest BCUT2D eigenvalue weighted by Crippen LogP contribution is 2.41. The van der Waals surface area contributed by atoms with Crippen molar-refractivity contribution in [1.29, 1.82) is 0 Å². The van der Waals surface area contributed by atoms with E-state index in [1.807, 2.05) is 32.2 Å². The van der Waals surface area contributed by atoms with Crippen LogP contribution in [0.15, 0.2) is 29.3 Å². The lowest BCUT2D eigenvalue weighted by Crippen LogP contribution is -2.25. The first-order valence-electron chi connectivity index (χ1n) is 10.3. The molecule has 1 aliphatic carbocycles. The van der Waals surface area contributed by atoms with Gasteiger partial charge in [-0.15, -0.1) is 23.1 Å². The monoisotopic (exact) mass is 433 g/mol. The molecule has 3 rings (SSSR count). The topological polar surface area (TPSA) is 77.2 Å². The van der Waals surface area contributed by atoms with Crippen LogP contribution in [0.5, 0.6) is 0 Å². The maximum Gasteiger partial charge on any atom is 0.411 e. The fraction of sp³-hybridized carbons (Fsp3) is 0.545. The first-order valence-corrected chi connectivity index (χ1v) is 12.0. The number of nitrogens with one attached hydrogen (secondary N) is 1. The molecule has 1 aliphatic rings. The van der Waals surface area contributed by atoms with Crippen molar-refractivity contribution >= 4 is 34.9 Å². The van der Waals surface area contributed by atoms with Gasteiger partial charge in [0.2, 0.25) is 0 Å². The van der Waals surface area contributed by atoms with Crippen LogP contribution in [0.4, 0.5) is 10.5 Å². The summed E-state index contributed by atoms with van der Waals surface area (Å²) in [7, 11) is 0. The fourth-order valence-electron chi connectivity index (χ4n) is 3.48. The number of thioether (sulfide) groups is 1. The van der Waals surface area contributed by atoms with Gasteiger partial charge in [0, 0.05) is 39.6 Å². The highest BCUT2D eigenvalue weighted by Gasteiger charge is 2.23. The van der Waals surface area contributed by atoms with E-state index < -0.39 is 6.09 Å². The number of thiazole rings is 1. The molecule has 1 aromatic heterocycles. The number of carbonyl (C=O) groups excluding carboxylic acids is 1. The van der Waals surface area contributed by atoms with Crippen molar-refractivity contribution in [3.8, 4) is 10.4 Å². The van der Waals surface area contributed by atoms with Crippen LogP contribution in [0, 0.1) is 0 Å². The number of benzene rings is 1. The SMILES string of the molecule is CC(C)OC(=O)Nc1ccc(-c2cnc([C@H]3CC[C@H](N)CC3)s2)c(SC(C)C)c1. The minimum absolute atomic E-state index is 0.149. The Balaban J connectivity index is 1.81. The second-order valence-electron chi connectivity index (χ2n) is 8.13. The van der Waals surface area contributed by atoms with Gasteiger partial charge >= 0.3 is 6.09 Å². The quantitative estimate of drug-likeness (QED) is 0.526. The third-order valence-corrected chi connectivity index (χ3v) is 7.10. The van der Waals surface area contributed by atoms with E-state index in [4.69, 9.17) is 15.5 Å². The van der Waals surface area contributed by atoms with Crippen molar-refractivity contribution in [3.63, 3.8) is 0 Å². The maximum absolute atomic E-state index is 12.0. The molecule has 0 atom stereocenters. The van der Waals surface area contributed by atoms with Gasteiger partial charge < -0.3 is 10.5 Å². The number of hydrogen-bond donors (Lipinski definition) is 2. The van der Waals surface area contributed by atoms with Crippen molar-refractivity contribution in [3.05, 3.63) is 29.4 Å². The Bertz CT molecular complexity index is 827. The zero-order valence-corrected chi connectivity index (χ0v) is 19.2. The number of carbonyl (C=O) groups is 1. The molecule has 0 spiro atoms. The lowest BCUT2D eigenvalue weighted by atomic mass is 9.87. The van der Waals surface area contributed by atoms with Gasteiger partial charge in [-0.05, 0) is 51.7 Å². The largest absolute Gasteiger partial charge is 0.447 e. The van der Waals surface area contributed by atoms with Gasteiger partial charge in [-0.25, -0.2) is 9.78 Å². The molecule has 158 valence electrons. The highest BCUT2D eigenvalue weighted by molar-refractivity contribution is 8.00. The number of anilines is 1. The minimum atomic E-state index is -0.427. The normalized spacial score (nSPS) is 19.6. The summed E-state index contributed by atoms with van der Waals surface area (Å²) < 4.78 is 5.19. The van der Waals surface area contributed by atoms with E-state index in [2.05, 4.69) is 25.2 Å². The zero-order chi connectivity index (χ0) is 21.0. The molecule has 1 amide bonds. The summed E-state index contributed by atoms with van der Waals surface area (Å²) in [5.41, 5.74) is 7.97. The van der Waals surface area contributed by atoms with E-state index in [1.165, 1.54) is 15.4 Å². The van der Waals surface area contributed by atoms with Crippen molar-refractivity contribution in [2.45, 2.75) is 81.6 Å². The number of ether oxygens (including phenoxy) is 1. The average molecular weight is 434 g/mol. The molecule has 0 aliphatic heterocycles. The summed E-state index contributed by atoms with van der Waals surface area (Å²) in [6, 6.07) is 6.38. The van der Waals surface area contributed by atoms with Crippen molar-refractivity contribution < 1.29 is 9.53 Å². The van der Waals surface area contributed by atoms with Crippen molar-refractivity contribution in [2.75, 3.05) is 5.32 Å². The molecule has 7 heteroatoms. The molecular formula is C22H31N3O2S2. The number of amides is 1. The summed E-state index contributed by atoms with van der Waals surface area (Å²) in [6.07, 6.45) is 5.84. The third-order valence-electron chi connectivity index (χ3n) is 4.84. The van der Waals surface area contributed by atoms with E-state index in [9.17, 15) is 4.79 Å². The Morgan fingerprint density at radius 2 is 1.97 bits per heavy atom. The van der Waals surface area contributed by atoms with E-state index in [-0.39, 0.29) is 6.10 Å². The fourth-order valence-corrected chi connectivity index (χ4v) is 5.68. The van der Waals surface area contributed by atoms with Crippen LogP contribution >= 0.6 is 23.1 Å². The van der Waals surface area contributed by atoms with Crippen LogP contribution in [0.3, 0.4) is 0 Å². The van der Waals surface area contributed by atoms with Crippen LogP contribution in [-0.4, -0.2) is 28.5 Å². The average Bonchev–Trinajstić information content (AvgIpc) is 3.11. The molecule has 2 aromatic rings. The highest BCUT2D eigenvalue weighted by atomic mass is 32.2. The molecule has 3 N–H and O–H groups in total. The van der Waals surface area contributed by atoms with Crippen LogP contribution < -0.4 is 11.1 Å². The molecule has 0 saturated heterocycles.